The van der Waals surface area contributed by atoms with E-state index in [-0.39, 0.29) is 5.97 Å². The van der Waals surface area contributed by atoms with Gasteiger partial charge in [0.15, 0.2) is 0 Å². The highest BCUT2D eigenvalue weighted by Crippen LogP contribution is 1.97. The predicted molar refractivity (Wildman–Crippen MR) is 54.3 cm³/mol. The fourth-order valence-corrected chi connectivity index (χ4v) is 0.685. The zero-order valence-corrected chi connectivity index (χ0v) is 8.63. The lowest BCUT2D eigenvalue weighted by Gasteiger charge is -1.91. The molecular formula is C11H16O2. The molecule has 0 aliphatic carbocycles. The molecule has 0 N–H and O–H groups in total. The third kappa shape index (κ3) is 7.06. The molecule has 0 fully saturated rings. The van der Waals surface area contributed by atoms with Crippen LogP contribution >= 0.6 is 0 Å². The summed E-state index contributed by atoms with van der Waals surface area (Å²) in [7, 11) is 1.37. The van der Waals surface area contributed by atoms with Gasteiger partial charge < -0.3 is 4.74 Å². The van der Waals surface area contributed by atoms with Crippen molar-refractivity contribution in [2.45, 2.75) is 20.8 Å². The molecule has 0 radical (unpaired) electrons. The first kappa shape index (κ1) is 11.7. The third-order valence-electron chi connectivity index (χ3n) is 1.34. The lowest BCUT2D eigenvalue weighted by atomic mass is 10.2. The van der Waals surface area contributed by atoms with Gasteiger partial charge in [-0.1, -0.05) is 23.8 Å². The summed E-state index contributed by atoms with van der Waals surface area (Å²) in [6.45, 7) is 5.89. The fourth-order valence-electron chi connectivity index (χ4n) is 0.685. The molecule has 0 atom stereocenters. The van der Waals surface area contributed by atoms with Gasteiger partial charge in [0.2, 0.25) is 0 Å². The average Bonchev–Trinajstić information content (AvgIpc) is 2.03. The molecule has 0 spiro atoms. The maximum atomic E-state index is 10.8. The molecule has 0 unspecified atom stereocenters. The molecule has 0 rings (SSSR count). The lowest BCUT2D eigenvalue weighted by molar-refractivity contribution is -0.134. The van der Waals surface area contributed by atoms with Gasteiger partial charge in [-0.05, 0) is 26.3 Å². The number of rotatable bonds is 3. The van der Waals surface area contributed by atoms with E-state index in [1.165, 1.54) is 18.8 Å². The summed E-state index contributed by atoms with van der Waals surface area (Å²) in [6.07, 6.45) is 7.21. The number of carbonyl (C=O) groups is 1. The van der Waals surface area contributed by atoms with Crippen LogP contribution in [0.3, 0.4) is 0 Å². The van der Waals surface area contributed by atoms with Crippen LogP contribution in [0.25, 0.3) is 0 Å². The van der Waals surface area contributed by atoms with Crippen LogP contribution < -0.4 is 0 Å². The second kappa shape index (κ2) is 6.23. The van der Waals surface area contributed by atoms with Gasteiger partial charge in [0.1, 0.15) is 0 Å². The van der Waals surface area contributed by atoms with E-state index in [2.05, 4.69) is 4.74 Å². The first-order valence-corrected chi connectivity index (χ1v) is 4.14. The fraction of sp³-hybridized carbons (Fsp3) is 0.364. The van der Waals surface area contributed by atoms with Crippen LogP contribution in [0.4, 0.5) is 0 Å². The van der Waals surface area contributed by atoms with Crippen LogP contribution in [-0.2, 0) is 9.53 Å². The van der Waals surface area contributed by atoms with Crippen molar-refractivity contribution in [3.8, 4) is 0 Å². The second-order valence-corrected chi connectivity index (χ2v) is 3.01. The monoisotopic (exact) mass is 180 g/mol. The molecule has 0 aromatic heterocycles. The molecule has 0 aliphatic rings. The highest BCUT2D eigenvalue weighted by Gasteiger charge is 1.91. The summed E-state index contributed by atoms with van der Waals surface area (Å²) in [4.78, 5) is 10.8. The van der Waals surface area contributed by atoms with Crippen molar-refractivity contribution in [3.63, 3.8) is 0 Å². The Balaban J connectivity index is 4.21. The molecule has 0 aromatic carbocycles. The van der Waals surface area contributed by atoms with Crippen molar-refractivity contribution in [2.75, 3.05) is 7.11 Å². The van der Waals surface area contributed by atoms with Crippen molar-refractivity contribution in [3.05, 3.63) is 35.5 Å². The van der Waals surface area contributed by atoms with E-state index in [1.807, 2.05) is 39.0 Å². The molecule has 2 nitrogen and oxygen atoms in total. The van der Waals surface area contributed by atoms with Crippen LogP contribution in [0, 0.1) is 0 Å². The first-order valence-electron chi connectivity index (χ1n) is 4.14. The number of esters is 1. The van der Waals surface area contributed by atoms with Crippen LogP contribution in [0.1, 0.15) is 20.8 Å². The summed E-state index contributed by atoms with van der Waals surface area (Å²) in [5.41, 5.74) is 2.10. The van der Waals surface area contributed by atoms with E-state index in [0.717, 1.165) is 5.57 Å². The van der Waals surface area contributed by atoms with E-state index in [1.54, 1.807) is 0 Å². The Morgan fingerprint density at radius 1 is 1.23 bits per heavy atom. The number of allylic oxidation sites excluding steroid dienone is 5. The summed E-state index contributed by atoms with van der Waals surface area (Å²) >= 11 is 0. The Bertz CT molecular complexity index is 253. The smallest absolute Gasteiger partial charge is 0.330 e. The molecular weight excluding hydrogens is 164 g/mol. The minimum absolute atomic E-state index is 0.320. The Morgan fingerprint density at radius 3 is 2.31 bits per heavy atom. The predicted octanol–water partition coefficient (Wildman–Crippen LogP) is 2.63. The molecule has 0 aliphatic heterocycles. The topological polar surface area (TPSA) is 26.3 Å². The van der Waals surface area contributed by atoms with Crippen LogP contribution in [0.15, 0.2) is 35.5 Å². The molecule has 0 saturated carbocycles. The molecule has 0 saturated heterocycles. The van der Waals surface area contributed by atoms with Crippen molar-refractivity contribution in [1.29, 1.82) is 0 Å². The lowest BCUT2D eigenvalue weighted by Crippen LogP contribution is -1.94. The second-order valence-electron chi connectivity index (χ2n) is 3.01. The first-order chi connectivity index (χ1) is 6.06. The minimum Gasteiger partial charge on any atom is -0.466 e. The summed E-state index contributed by atoms with van der Waals surface area (Å²) < 4.78 is 4.48. The number of hydrogen-bond acceptors (Lipinski definition) is 2. The van der Waals surface area contributed by atoms with Crippen LogP contribution in [0.2, 0.25) is 0 Å². The molecule has 0 bridgehead atoms. The van der Waals surface area contributed by atoms with E-state index in [4.69, 9.17) is 0 Å². The van der Waals surface area contributed by atoms with Crippen molar-refractivity contribution >= 4 is 5.97 Å². The van der Waals surface area contributed by atoms with Gasteiger partial charge >= 0.3 is 5.97 Å². The standard InChI is InChI=1S/C11H16O2/c1-9(2)6-5-7-10(3)8-11(12)13-4/h5-8H,1-4H3/b7-5+,10-8+. The molecule has 0 aromatic rings. The van der Waals surface area contributed by atoms with Crippen LogP contribution in [0.5, 0.6) is 0 Å². The van der Waals surface area contributed by atoms with E-state index >= 15 is 0 Å². The van der Waals surface area contributed by atoms with Crippen molar-refractivity contribution in [1.82, 2.24) is 0 Å². The van der Waals surface area contributed by atoms with Gasteiger partial charge in [-0.3, -0.25) is 0 Å². The summed E-state index contributed by atoms with van der Waals surface area (Å²) in [5.74, 6) is -0.320. The average molecular weight is 180 g/mol. The molecule has 2 heteroatoms. The number of ether oxygens (including phenoxy) is 1. The van der Waals surface area contributed by atoms with Gasteiger partial charge in [-0.25, -0.2) is 4.79 Å². The minimum atomic E-state index is -0.320. The van der Waals surface area contributed by atoms with Gasteiger partial charge in [-0.15, -0.1) is 0 Å². The summed E-state index contributed by atoms with van der Waals surface area (Å²) in [6, 6.07) is 0. The third-order valence-corrected chi connectivity index (χ3v) is 1.34. The summed E-state index contributed by atoms with van der Waals surface area (Å²) in [5, 5.41) is 0. The van der Waals surface area contributed by atoms with E-state index < -0.39 is 0 Å². The van der Waals surface area contributed by atoms with Crippen LogP contribution in [-0.4, -0.2) is 13.1 Å². The highest BCUT2D eigenvalue weighted by molar-refractivity contribution is 5.83. The Labute approximate surface area is 79.6 Å². The van der Waals surface area contributed by atoms with Gasteiger partial charge in [0, 0.05) is 6.08 Å². The molecule has 72 valence electrons. The maximum absolute atomic E-state index is 10.8. The highest BCUT2D eigenvalue weighted by atomic mass is 16.5. The molecule has 13 heavy (non-hydrogen) atoms. The van der Waals surface area contributed by atoms with Crippen molar-refractivity contribution in [2.24, 2.45) is 0 Å². The zero-order chi connectivity index (χ0) is 10.3. The molecule has 0 heterocycles. The SMILES string of the molecule is COC(=O)/C=C(C)/C=C/C=C(C)C. The van der Waals surface area contributed by atoms with E-state index in [0.29, 0.717) is 0 Å². The molecule has 0 amide bonds. The Hall–Kier alpha value is -1.31. The number of carbonyl (C=O) groups excluding carboxylic acids is 1. The van der Waals surface area contributed by atoms with Gasteiger partial charge in [-0.2, -0.15) is 0 Å². The largest absolute Gasteiger partial charge is 0.466 e. The normalized spacial score (nSPS) is 11.5. The van der Waals surface area contributed by atoms with Gasteiger partial charge in [0.25, 0.3) is 0 Å². The Kier molecular flexibility index (Phi) is 5.60. The Morgan fingerprint density at radius 2 is 1.85 bits per heavy atom. The van der Waals surface area contributed by atoms with E-state index in [9.17, 15) is 4.79 Å². The van der Waals surface area contributed by atoms with Crippen molar-refractivity contribution < 1.29 is 9.53 Å². The van der Waals surface area contributed by atoms with Gasteiger partial charge in [0.05, 0.1) is 7.11 Å². The maximum Gasteiger partial charge on any atom is 0.330 e. The number of hydrogen-bond donors (Lipinski definition) is 0. The number of methoxy groups -OCH3 is 1. The zero-order valence-electron chi connectivity index (χ0n) is 8.63. The quantitative estimate of drug-likeness (QED) is 0.379.